The summed E-state index contributed by atoms with van der Waals surface area (Å²) in [6, 6.07) is 0. The van der Waals surface area contributed by atoms with E-state index in [9.17, 15) is 32.9 Å². The molecule has 0 aromatic carbocycles. The largest absolute Gasteiger partial charge is 0.573 e. The molecule has 1 heterocycles. The van der Waals surface area contributed by atoms with Crippen molar-refractivity contribution in [2.24, 2.45) is 0 Å². The molecule has 0 saturated carbocycles. The van der Waals surface area contributed by atoms with Gasteiger partial charge in [-0.15, -0.1) is 13.2 Å². The van der Waals surface area contributed by atoms with E-state index in [2.05, 4.69) is 4.74 Å². The van der Waals surface area contributed by atoms with E-state index in [1.165, 1.54) is 0 Å². The number of ether oxygens (including phenoxy) is 1. The van der Waals surface area contributed by atoms with Crippen molar-refractivity contribution >= 4 is 12.0 Å². The van der Waals surface area contributed by atoms with E-state index in [1.807, 2.05) is 0 Å². The van der Waals surface area contributed by atoms with Gasteiger partial charge in [0.25, 0.3) is 5.56 Å². The summed E-state index contributed by atoms with van der Waals surface area (Å²) >= 11 is 0. The smallest absolute Gasteiger partial charge is 0.397 e. The molecule has 0 amide bonds. The van der Waals surface area contributed by atoms with Crippen LogP contribution in [0, 0.1) is 10.1 Å². The van der Waals surface area contributed by atoms with Crippen LogP contribution in [0.4, 0.5) is 18.9 Å². The van der Waals surface area contributed by atoms with Crippen molar-refractivity contribution in [3.05, 3.63) is 32.2 Å². The Bertz CT molecular complexity index is 521. The van der Waals surface area contributed by atoms with Crippen molar-refractivity contribution in [2.75, 3.05) is 0 Å². The Kier molecular flexibility index (Phi) is 3.16. The standard InChI is InChI=1S/C7H3F3N2O5/c8-7(9,10)17-5-3(2-13)6(14)11-1-4(5)12(15)16/h1-2H,(H,11,14). The number of hydrogen-bond donors (Lipinski definition) is 1. The number of H-pyrrole nitrogens is 1. The summed E-state index contributed by atoms with van der Waals surface area (Å²) in [6.45, 7) is 0. The molecular formula is C7H3F3N2O5. The van der Waals surface area contributed by atoms with E-state index in [1.54, 1.807) is 4.98 Å². The molecule has 0 bridgehead atoms. The average Bonchev–Trinajstić information content (AvgIpc) is 2.15. The number of hydrogen-bond acceptors (Lipinski definition) is 5. The molecule has 17 heavy (non-hydrogen) atoms. The van der Waals surface area contributed by atoms with Gasteiger partial charge in [0, 0.05) is 0 Å². The van der Waals surface area contributed by atoms with Crippen molar-refractivity contribution in [3.8, 4) is 5.75 Å². The molecule has 0 radical (unpaired) electrons. The number of aromatic amines is 1. The molecule has 0 fully saturated rings. The van der Waals surface area contributed by atoms with E-state index in [4.69, 9.17) is 0 Å². The third-order valence-corrected chi connectivity index (χ3v) is 1.59. The summed E-state index contributed by atoms with van der Waals surface area (Å²) in [5.41, 5.74) is -3.48. The molecule has 0 aliphatic rings. The number of halogens is 3. The van der Waals surface area contributed by atoms with Gasteiger partial charge in [0.1, 0.15) is 5.56 Å². The van der Waals surface area contributed by atoms with Gasteiger partial charge in [-0.05, 0) is 0 Å². The maximum Gasteiger partial charge on any atom is 0.573 e. The summed E-state index contributed by atoms with van der Waals surface area (Å²) in [5, 5.41) is 10.4. The van der Waals surface area contributed by atoms with E-state index < -0.39 is 33.8 Å². The van der Waals surface area contributed by atoms with Gasteiger partial charge in [-0.3, -0.25) is 19.7 Å². The van der Waals surface area contributed by atoms with Crippen LogP contribution in [0.1, 0.15) is 10.4 Å². The SMILES string of the molecule is O=Cc1c(OC(F)(F)F)c([N+](=O)[O-])c[nH]c1=O. The highest BCUT2D eigenvalue weighted by atomic mass is 19.4. The maximum atomic E-state index is 12.0. The van der Waals surface area contributed by atoms with Gasteiger partial charge in [0.15, 0.2) is 6.29 Å². The Hall–Kier alpha value is -2.39. The van der Waals surface area contributed by atoms with Gasteiger partial charge in [0.2, 0.25) is 5.75 Å². The number of aromatic nitrogens is 1. The van der Waals surface area contributed by atoms with Gasteiger partial charge in [0.05, 0.1) is 11.1 Å². The number of alkyl halides is 3. The Morgan fingerprint density at radius 2 is 2.06 bits per heavy atom. The predicted molar refractivity (Wildman–Crippen MR) is 45.8 cm³/mol. The maximum absolute atomic E-state index is 12.0. The number of nitro groups is 1. The summed E-state index contributed by atoms with van der Waals surface area (Å²) < 4.78 is 39.2. The molecule has 0 spiro atoms. The van der Waals surface area contributed by atoms with Crippen molar-refractivity contribution in [1.29, 1.82) is 0 Å². The lowest BCUT2D eigenvalue weighted by molar-refractivity contribution is -0.389. The minimum atomic E-state index is -5.25. The summed E-state index contributed by atoms with van der Waals surface area (Å²) in [4.78, 5) is 32.3. The van der Waals surface area contributed by atoms with Crippen LogP contribution in [-0.4, -0.2) is 22.6 Å². The average molecular weight is 252 g/mol. The van der Waals surface area contributed by atoms with Crippen LogP contribution < -0.4 is 10.3 Å². The first-order valence-electron chi connectivity index (χ1n) is 3.87. The van der Waals surface area contributed by atoms with Gasteiger partial charge in [-0.1, -0.05) is 0 Å². The van der Waals surface area contributed by atoms with Gasteiger partial charge in [-0.2, -0.15) is 0 Å². The number of nitrogens with zero attached hydrogens (tertiary/aromatic N) is 1. The molecule has 0 aliphatic carbocycles. The predicted octanol–water partition coefficient (Wildman–Crippen LogP) is 0.994. The summed E-state index contributed by atoms with van der Waals surface area (Å²) in [7, 11) is 0. The van der Waals surface area contributed by atoms with E-state index in [-0.39, 0.29) is 6.29 Å². The first kappa shape index (κ1) is 12.7. The third-order valence-electron chi connectivity index (χ3n) is 1.59. The van der Waals surface area contributed by atoms with Crippen molar-refractivity contribution in [3.63, 3.8) is 0 Å². The second-order valence-electron chi connectivity index (χ2n) is 2.67. The first-order chi connectivity index (χ1) is 7.76. The lowest BCUT2D eigenvalue weighted by Gasteiger charge is -2.09. The molecule has 1 aromatic heterocycles. The third kappa shape index (κ3) is 2.80. The van der Waals surface area contributed by atoms with Crippen molar-refractivity contribution < 1.29 is 27.6 Å². The van der Waals surface area contributed by atoms with Gasteiger partial charge < -0.3 is 9.72 Å². The molecule has 92 valence electrons. The molecule has 0 saturated heterocycles. The first-order valence-corrected chi connectivity index (χ1v) is 3.87. The number of aldehydes is 1. The van der Waals surface area contributed by atoms with Crippen LogP contribution in [0.25, 0.3) is 0 Å². The molecule has 0 aliphatic heterocycles. The van der Waals surface area contributed by atoms with E-state index in [0.29, 0.717) is 6.20 Å². The van der Waals surface area contributed by atoms with Gasteiger partial charge in [-0.25, -0.2) is 0 Å². The highest BCUT2D eigenvalue weighted by molar-refractivity contribution is 5.81. The zero-order chi connectivity index (χ0) is 13.2. The second kappa shape index (κ2) is 4.23. The number of nitrogens with one attached hydrogen (secondary N) is 1. The fourth-order valence-electron chi connectivity index (χ4n) is 0.984. The molecule has 1 aromatic rings. The zero-order valence-electron chi connectivity index (χ0n) is 7.78. The number of pyridine rings is 1. The fourth-order valence-corrected chi connectivity index (χ4v) is 0.984. The quantitative estimate of drug-likeness (QED) is 0.491. The monoisotopic (exact) mass is 252 g/mol. The summed E-state index contributed by atoms with van der Waals surface area (Å²) in [5.74, 6) is -1.43. The summed E-state index contributed by atoms with van der Waals surface area (Å²) in [6.07, 6.45) is -5.10. The number of rotatable bonds is 3. The highest BCUT2D eigenvalue weighted by Crippen LogP contribution is 2.32. The van der Waals surface area contributed by atoms with Crippen LogP contribution in [0.3, 0.4) is 0 Å². The van der Waals surface area contributed by atoms with E-state index in [0.717, 1.165) is 0 Å². The second-order valence-corrected chi connectivity index (χ2v) is 2.67. The highest BCUT2D eigenvalue weighted by Gasteiger charge is 2.36. The molecule has 1 rings (SSSR count). The Morgan fingerprint density at radius 1 is 1.47 bits per heavy atom. The van der Waals surface area contributed by atoms with Crippen molar-refractivity contribution in [1.82, 2.24) is 4.98 Å². The molecule has 0 unspecified atom stereocenters. The Labute approximate surface area is 90.0 Å². The van der Waals surface area contributed by atoms with Crippen LogP contribution >= 0.6 is 0 Å². The normalized spacial score (nSPS) is 11.0. The van der Waals surface area contributed by atoms with Crippen molar-refractivity contribution in [2.45, 2.75) is 6.36 Å². The molecular weight excluding hydrogens is 249 g/mol. The lowest BCUT2D eigenvalue weighted by atomic mass is 10.2. The lowest BCUT2D eigenvalue weighted by Crippen LogP contribution is -2.23. The number of carbonyl (C=O) groups excluding carboxylic acids is 1. The van der Waals surface area contributed by atoms with Crippen LogP contribution in [0.15, 0.2) is 11.0 Å². The number of carbonyl (C=O) groups is 1. The van der Waals surface area contributed by atoms with Crippen LogP contribution in [0.2, 0.25) is 0 Å². The van der Waals surface area contributed by atoms with Crippen LogP contribution in [-0.2, 0) is 0 Å². The zero-order valence-corrected chi connectivity index (χ0v) is 7.78. The van der Waals surface area contributed by atoms with E-state index >= 15 is 0 Å². The molecule has 1 N–H and O–H groups in total. The molecule has 0 atom stereocenters. The van der Waals surface area contributed by atoms with Gasteiger partial charge >= 0.3 is 12.0 Å². The van der Waals surface area contributed by atoms with Crippen LogP contribution in [0.5, 0.6) is 5.75 Å². The Balaban J connectivity index is 3.50. The molecule has 7 nitrogen and oxygen atoms in total. The molecule has 10 heteroatoms. The Morgan fingerprint density at radius 3 is 2.47 bits per heavy atom. The minimum Gasteiger partial charge on any atom is -0.397 e. The minimum absolute atomic E-state index is 0.257. The topological polar surface area (TPSA) is 102 Å². The fraction of sp³-hybridized carbons (Fsp3) is 0.143.